The molecule has 0 rings (SSSR count). The third-order valence-corrected chi connectivity index (χ3v) is 1.95. The van der Waals surface area contributed by atoms with E-state index in [1.807, 2.05) is 13.8 Å². The Kier molecular flexibility index (Phi) is 11.2. The van der Waals surface area contributed by atoms with Crippen LogP contribution in [0.1, 0.15) is 26.7 Å². The normalized spacial score (nSPS) is 9.44. The summed E-state index contributed by atoms with van der Waals surface area (Å²) < 4.78 is 10.1. The summed E-state index contributed by atoms with van der Waals surface area (Å²) in [6, 6.07) is 0. The second kappa shape index (κ2) is 12.1. The Hall–Kier alpha value is -1.38. The molecule has 0 saturated carbocycles. The Morgan fingerprint density at radius 3 is 2.39 bits per heavy atom. The fraction of sp³-hybridized carbons (Fsp3) is 0.692. The third kappa shape index (κ3) is 11.1. The number of hydrogen-bond donors (Lipinski definition) is 1. The predicted octanol–water partition coefficient (Wildman–Crippen LogP) is 0.528. The van der Waals surface area contributed by atoms with E-state index in [1.165, 1.54) is 0 Å². The maximum Gasteiger partial charge on any atom is 0.296 e. The summed E-state index contributed by atoms with van der Waals surface area (Å²) in [7, 11) is 0. The molecule has 0 aliphatic carbocycles. The van der Waals surface area contributed by atoms with Crippen LogP contribution in [-0.4, -0.2) is 44.7 Å². The number of rotatable bonds is 9. The van der Waals surface area contributed by atoms with Crippen LogP contribution in [0, 0.1) is 11.8 Å². The number of ketones is 1. The number of nitrogens with one attached hydrogen (secondary N) is 1. The maximum absolute atomic E-state index is 11.3. The molecule has 0 aromatic heterocycles. The Morgan fingerprint density at radius 1 is 1.06 bits per heavy atom. The van der Waals surface area contributed by atoms with Gasteiger partial charge < -0.3 is 14.8 Å². The SMILES string of the molecule is CCOCCCC(=O)C#CC(=O)NCCOCC. The van der Waals surface area contributed by atoms with Crippen LogP contribution in [-0.2, 0) is 19.1 Å². The molecule has 0 radical (unpaired) electrons. The lowest BCUT2D eigenvalue weighted by atomic mass is 10.2. The van der Waals surface area contributed by atoms with Gasteiger partial charge in [-0.1, -0.05) is 0 Å². The van der Waals surface area contributed by atoms with Crippen molar-refractivity contribution in [2.75, 3.05) is 33.0 Å². The number of hydrogen-bond acceptors (Lipinski definition) is 4. The van der Waals surface area contributed by atoms with E-state index < -0.39 is 5.91 Å². The zero-order valence-electron chi connectivity index (χ0n) is 11.1. The van der Waals surface area contributed by atoms with Gasteiger partial charge in [0.25, 0.3) is 5.91 Å². The van der Waals surface area contributed by atoms with Crippen LogP contribution in [0.2, 0.25) is 0 Å². The Morgan fingerprint density at radius 2 is 1.72 bits per heavy atom. The molecule has 0 aromatic carbocycles. The Balaban J connectivity index is 3.65. The number of carbonyl (C=O) groups excluding carboxylic acids is 2. The van der Waals surface area contributed by atoms with E-state index in [4.69, 9.17) is 9.47 Å². The topological polar surface area (TPSA) is 64.6 Å². The predicted molar refractivity (Wildman–Crippen MR) is 68.0 cm³/mol. The van der Waals surface area contributed by atoms with E-state index in [-0.39, 0.29) is 5.78 Å². The molecule has 0 aromatic rings. The molecular formula is C13H21NO4. The van der Waals surface area contributed by atoms with Crippen LogP contribution in [0.5, 0.6) is 0 Å². The third-order valence-electron chi connectivity index (χ3n) is 1.95. The first-order valence-electron chi connectivity index (χ1n) is 6.18. The summed E-state index contributed by atoms with van der Waals surface area (Å²) in [6.07, 6.45) is 0.951. The zero-order chi connectivity index (χ0) is 13.6. The van der Waals surface area contributed by atoms with Gasteiger partial charge in [0.05, 0.1) is 6.61 Å². The summed E-state index contributed by atoms with van der Waals surface area (Å²) in [5, 5.41) is 2.53. The maximum atomic E-state index is 11.3. The van der Waals surface area contributed by atoms with Crippen molar-refractivity contribution in [3.05, 3.63) is 0 Å². The van der Waals surface area contributed by atoms with Crippen molar-refractivity contribution in [3.8, 4) is 11.8 Å². The van der Waals surface area contributed by atoms with Gasteiger partial charge in [0.15, 0.2) is 0 Å². The highest BCUT2D eigenvalue weighted by Crippen LogP contribution is 1.90. The van der Waals surface area contributed by atoms with Gasteiger partial charge in [0.2, 0.25) is 5.78 Å². The molecule has 5 nitrogen and oxygen atoms in total. The summed E-state index contributed by atoms with van der Waals surface area (Å²) in [5.74, 6) is 3.87. The van der Waals surface area contributed by atoms with Gasteiger partial charge in [0.1, 0.15) is 0 Å². The van der Waals surface area contributed by atoms with Crippen molar-refractivity contribution in [1.29, 1.82) is 0 Å². The number of ether oxygens (including phenoxy) is 2. The van der Waals surface area contributed by atoms with Gasteiger partial charge in [-0.25, -0.2) is 0 Å². The largest absolute Gasteiger partial charge is 0.382 e. The minimum atomic E-state index is -0.451. The van der Waals surface area contributed by atoms with E-state index in [1.54, 1.807) is 0 Å². The molecule has 0 aliphatic rings. The van der Waals surface area contributed by atoms with Crippen LogP contribution < -0.4 is 5.32 Å². The van der Waals surface area contributed by atoms with E-state index in [0.717, 1.165) is 0 Å². The van der Waals surface area contributed by atoms with Gasteiger partial charge in [-0.2, -0.15) is 0 Å². The Labute approximate surface area is 108 Å². The summed E-state index contributed by atoms with van der Waals surface area (Å²) >= 11 is 0. The van der Waals surface area contributed by atoms with Crippen molar-refractivity contribution in [1.82, 2.24) is 5.32 Å². The molecule has 0 bridgehead atoms. The highest BCUT2D eigenvalue weighted by Gasteiger charge is 1.98. The number of carbonyl (C=O) groups is 2. The van der Waals surface area contributed by atoms with Gasteiger partial charge in [-0.3, -0.25) is 9.59 Å². The molecule has 5 heteroatoms. The summed E-state index contributed by atoms with van der Waals surface area (Å²) in [4.78, 5) is 22.4. The molecular weight excluding hydrogens is 234 g/mol. The first-order valence-corrected chi connectivity index (χ1v) is 6.18. The molecule has 0 atom stereocenters. The first-order chi connectivity index (χ1) is 8.70. The first kappa shape index (κ1) is 16.6. The second-order valence-electron chi connectivity index (χ2n) is 3.43. The highest BCUT2D eigenvalue weighted by atomic mass is 16.5. The minimum absolute atomic E-state index is 0.241. The molecule has 102 valence electrons. The molecule has 18 heavy (non-hydrogen) atoms. The molecule has 1 N–H and O–H groups in total. The van der Waals surface area contributed by atoms with Crippen molar-refractivity contribution in [2.24, 2.45) is 0 Å². The van der Waals surface area contributed by atoms with Crippen LogP contribution >= 0.6 is 0 Å². The van der Waals surface area contributed by atoms with Crippen LogP contribution in [0.25, 0.3) is 0 Å². The average Bonchev–Trinajstić information content (AvgIpc) is 2.37. The average molecular weight is 255 g/mol. The van der Waals surface area contributed by atoms with Gasteiger partial charge in [-0.15, -0.1) is 0 Å². The fourth-order valence-electron chi connectivity index (χ4n) is 1.09. The van der Waals surface area contributed by atoms with Gasteiger partial charge >= 0.3 is 0 Å². The molecule has 0 heterocycles. The monoisotopic (exact) mass is 255 g/mol. The quantitative estimate of drug-likeness (QED) is 0.371. The smallest absolute Gasteiger partial charge is 0.296 e. The second-order valence-corrected chi connectivity index (χ2v) is 3.43. The van der Waals surface area contributed by atoms with Crippen LogP contribution in [0.4, 0.5) is 0 Å². The molecule has 0 spiro atoms. The van der Waals surface area contributed by atoms with E-state index in [9.17, 15) is 9.59 Å². The van der Waals surface area contributed by atoms with Gasteiger partial charge in [0, 0.05) is 38.7 Å². The Bertz CT molecular complexity index is 276. The van der Waals surface area contributed by atoms with Crippen LogP contribution in [0.3, 0.4) is 0 Å². The van der Waals surface area contributed by atoms with Crippen molar-refractivity contribution in [2.45, 2.75) is 26.7 Å². The van der Waals surface area contributed by atoms with Crippen LogP contribution in [0.15, 0.2) is 0 Å². The van der Waals surface area contributed by atoms with E-state index in [0.29, 0.717) is 45.8 Å². The fourth-order valence-corrected chi connectivity index (χ4v) is 1.09. The van der Waals surface area contributed by atoms with Gasteiger partial charge in [-0.05, 0) is 26.2 Å². The molecule has 0 saturated heterocycles. The zero-order valence-corrected chi connectivity index (χ0v) is 11.1. The summed E-state index contributed by atoms with van der Waals surface area (Å²) in [5.41, 5.74) is 0. The standard InChI is InChI=1S/C13H21NO4/c1-3-17-10-5-6-12(15)7-8-13(16)14-9-11-18-4-2/h3-6,9-11H2,1-2H3,(H,14,16). The number of amides is 1. The molecule has 0 aliphatic heterocycles. The van der Waals surface area contributed by atoms with Crippen molar-refractivity contribution >= 4 is 11.7 Å². The lowest BCUT2D eigenvalue weighted by molar-refractivity contribution is -0.116. The number of Topliss-reactive ketones (excluding diaryl/α,β-unsaturated/α-hetero) is 1. The van der Waals surface area contributed by atoms with E-state index >= 15 is 0 Å². The molecule has 0 fully saturated rings. The van der Waals surface area contributed by atoms with Crippen molar-refractivity contribution in [3.63, 3.8) is 0 Å². The lowest BCUT2D eigenvalue weighted by Gasteiger charge is -2.00. The van der Waals surface area contributed by atoms with Crippen molar-refractivity contribution < 1.29 is 19.1 Å². The lowest BCUT2D eigenvalue weighted by Crippen LogP contribution is -2.25. The molecule has 1 amide bonds. The minimum Gasteiger partial charge on any atom is -0.382 e. The van der Waals surface area contributed by atoms with E-state index in [2.05, 4.69) is 17.2 Å². The molecule has 0 unspecified atom stereocenters. The summed E-state index contributed by atoms with van der Waals surface area (Å²) in [6.45, 7) is 6.43. The highest BCUT2D eigenvalue weighted by molar-refractivity contribution is 6.03.